The van der Waals surface area contributed by atoms with Crippen molar-refractivity contribution < 1.29 is 19.8 Å². The molecule has 0 aliphatic heterocycles. The van der Waals surface area contributed by atoms with E-state index < -0.39 is 11.5 Å². The molecule has 0 spiro atoms. The smallest absolute Gasteiger partial charge is 0.337 e. The van der Waals surface area contributed by atoms with Gasteiger partial charge in [-0.15, -0.1) is 0 Å². The molecular weight excluding hydrogens is 236 g/mol. The van der Waals surface area contributed by atoms with Crippen LogP contribution in [-0.4, -0.2) is 34.7 Å². The first kappa shape index (κ1) is 14.0. The Bertz CT molecular complexity index is 483. The van der Waals surface area contributed by atoms with Gasteiger partial charge in [-0.1, -0.05) is 0 Å². The van der Waals surface area contributed by atoms with Crippen molar-refractivity contribution in [2.24, 2.45) is 0 Å². The topological polar surface area (TPSA) is 98.7 Å². The van der Waals surface area contributed by atoms with E-state index in [1.807, 2.05) is 0 Å². The molecule has 0 fully saturated rings. The molecule has 6 nitrogen and oxygen atoms in total. The lowest BCUT2D eigenvalue weighted by Crippen LogP contribution is -2.48. The lowest BCUT2D eigenvalue weighted by Gasteiger charge is -2.23. The SMILES string of the molecule is CNC(C)(C)C(=O)Nc1ccc(O)cc1C(=O)O. The van der Waals surface area contributed by atoms with Gasteiger partial charge in [-0.05, 0) is 39.1 Å². The first-order valence-electron chi connectivity index (χ1n) is 5.34. The van der Waals surface area contributed by atoms with Crippen molar-refractivity contribution in [2.45, 2.75) is 19.4 Å². The highest BCUT2D eigenvalue weighted by Crippen LogP contribution is 2.22. The Kier molecular flexibility index (Phi) is 3.93. The standard InChI is InChI=1S/C12H16N2O4/c1-12(2,13-3)11(18)14-9-5-4-7(15)6-8(9)10(16)17/h4-6,13,15H,1-3H3,(H,14,18)(H,16,17). The molecule has 0 saturated heterocycles. The molecule has 0 aliphatic carbocycles. The average molecular weight is 252 g/mol. The van der Waals surface area contributed by atoms with Gasteiger partial charge in [0.15, 0.2) is 0 Å². The minimum absolute atomic E-state index is 0.147. The first-order chi connectivity index (χ1) is 8.27. The second-order valence-electron chi connectivity index (χ2n) is 4.36. The summed E-state index contributed by atoms with van der Waals surface area (Å²) in [6.45, 7) is 3.34. The summed E-state index contributed by atoms with van der Waals surface area (Å²) in [5.41, 5.74) is -0.836. The summed E-state index contributed by atoms with van der Waals surface area (Å²) < 4.78 is 0. The Balaban J connectivity index is 3.05. The number of phenolic OH excluding ortho intramolecular Hbond substituents is 1. The number of anilines is 1. The molecule has 0 unspecified atom stereocenters. The fourth-order valence-electron chi connectivity index (χ4n) is 1.21. The van der Waals surface area contributed by atoms with E-state index >= 15 is 0 Å². The van der Waals surface area contributed by atoms with Gasteiger partial charge in [0, 0.05) is 0 Å². The number of carboxylic acid groups (broad SMARTS) is 1. The third kappa shape index (κ3) is 2.98. The molecule has 4 N–H and O–H groups in total. The van der Waals surface area contributed by atoms with Gasteiger partial charge < -0.3 is 20.8 Å². The predicted octanol–water partition coefficient (Wildman–Crippen LogP) is 1.03. The van der Waals surface area contributed by atoms with Crippen molar-refractivity contribution in [3.8, 4) is 5.75 Å². The first-order valence-corrected chi connectivity index (χ1v) is 5.34. The number of hydrogen-bond acceptors (Lipinski definition) is 4. The number of benzene rings is 1. The minimum Gasteiger partial charge on any atom is -0.508 e. The summed E-state index contributed by atoms with van der Waals surface area (Å²) in [5, 5.41) is 23.6. The molecule has 0 aliphatic rings. The van der Waals surface area contributed by atoms with Crippen LogP contribution in [0.5, 0.6) is 5.75 Å². The van der Waals surface area contributed by atoms with Crippen molar-refractivity contribution in [3.63, 3.8) is 0 Å². The fraction of sp³-hybridized carbons (Fsp3) is 0.333. The second kappa shape index (κ2) is 5.05. The van der Waals surface area contributed by atoms with Crippen LogP contribution in [0.4, 0.5) is 5.69 Å². The van der Waals surface area contributed by atoms with Crippen LogP contribution in [0.3, 0.4) is 0 Å². The van der Waals surface area contributed by atoms with Gasteiger partial charge in [0.2, 0.25) is 5.91 Å². The number of likely N-dealkylation sites (N-methyl/N-ethyl adjacent to an activating group) is 1. The van der Waals surface area contributed by atoms with Gasteiger partial charge in [0.1, 0.15) is 5.75 Å². The zero-order chi connectivity index (χ0) is 13.9. The number of aromatic hydroxyl groups is 1. The Morgan fingerprint density at radius 3 is 2.39 bits per heavy atom. The average Bonchev–Trinajstić information content (AvgIpc) is 2.31. The highest BCUT2D eigenvalue weighted by molar-refractivity contribution is 6.03. The maximum atomic E-state index is 11.9. The second-order valence-corrected chi connectivity index (χ2v) is 4.36. The molecule has 1 aromatic rings. The van der Waals surface area contributed by atoms with Crippen molar-refractivity contribution in [1.82, 2.24) is 5.32 Å². The number of hydrogen-bond donors (Lipinski definition) is 4. The Labute approximate surface area is 105 Å². The van der Waals surface area contributed by atoms with Gasteiger partial charge in [-0.25, -0.2) is 4.79 Å². The largest absolute Gasteiger partial charge is 0.508 e. The van der Waals surface area contributed by atoms with Crippen molar-refractivity contribution in [2.75, 3.05) is 12.4 Å². The lowest BCUT2D eigenvalue weighted by molar-refractivity contribution is -0.121. The van der Waals surface area contributed by atoms with Gasteiger partial charge >= 0.3 is 5.97 Å². The lowest BCUT2D eigenvalue weighted by atomic mass is 10.0. The molecule has 0 saturated carbocycles. The quantitative estimate of drug-likeness (QED) is 0.600. The monoisotopic (exact) mass is 252 g/mol. The fourth-order valence-corrected chi connectivity index (χ4v) is 1.21. The predicted molar refractivity (Wildman–Crippen MR) is 66.8 cm³/mol. The summed E-state index contributed by atoms with van der Waals surface area (Å²) in [4.78, 5) is 22.9. The molecule has 1 rings (SSSR count). The van der Waals surface area contributed by atoms with E-state index in [4.69, 9.17) is 5.11 Å². The molecular formula is C12H16N2O4. The Hall–Kier alpha value is -2.08. The Morgan fingerprint density at radius 2 is 1.89 bits per heavy atom. The summed E-state index contributed by atoms with van der Waals surface area (Å²) >= 11 is 0. The van der Waals surface area contributed by atoms with Crippen LogP contribution in [-0.2, 0) is 4.79 Å². The molecule has 6 heteroatoms. The number of carbonyl (C=O) groups is 2. The molecule has 18 heavy (non-hydrogen) atoms. The van der Waals surface area contributed by atoms with Gasteiger partial charge in [0.05, 0.1) is 16.8 Å². The summed E-state index contributed by atoms with van der Waals surface area (Å²) in [6, 6.07) is 3.75. The van der Waals surface area contributed by atoms with Crippen molar-refractivity contribution in [3.05, 3.63) is 23.8 Å². The maximum absolute atomic E-state index is 11.9. The third-order valence-corrected chi connectivity index (χ3v) is 2.67. The number of carboxylic acids is 1. The summed E-state index contributed by atoms with van der Waals surface area (Å²) in [6.07, 6.45) is 0. The van der Waals surface area contributed by atoms with Crippen LogP contribution < -0.4 is 10.6 Å². The molecule has 98 valence electrons. The van der Waals surface area contributed by atoms with Crippen LogP contribution in [0.25, 0.3) is 0 Å². The van der Waals surface area contributed by atoms with E-state index in [2.05, 4.69) is 10.6 Å². The van der Waals surface area contributed by atoms with Crippen LogP contribution >= 0.6 is 0 Å². The minimum atomic E-state index is -1.22. The molecule has 0 atom stereocenters. The number of phenols is 1. The van der Waals surface area contributed by atoms with Gasteiger partial charge in [0.25, 0.3) is 0 Å². The van der Waals surface area contributed by atoms with Crippen LogP contribution in [0.1, 0.15) is 24.2 Å². The van der Waals surface area contributed by atoms with E-state index in [0.29, 0.717) is 0 Å². The molecule has 1 aromatic carbocycles. The molecule has 0 bridgehead atoms. The third-order valence-electron chi connectivity index (χ3n) is 2.67. The Morgan fingerprint density at radius 1 is 1.28 bits per heavy atom. The maximum Gasteiger partial charge on any atom is 0.337 e. The molecule has 0 radical (unpaired) electrons. The van der Waals surface area contributed by atoms with E-state index in [0.717, 1.165) is 6.07 Å². The molecule has 0 heterocycles. The van der Waals surface area contributed by atoms with Gasteiger partial charge in [-0.2, -0.15) is 0 Å². The van der Waals surface area contributed by atoms with Gasteiger partial charge in [-0.3, -0.25) is 4.79 Å². The highest BCUT2D eigenvalue weighted by atomic mass is 16.4. The van der Waals surface area contributed by atoms with E-state index in [1.165, 1.54) is 12.1 Å². The number of amides is 1. The number of nitrogens with one attached hydrogen (secondary N) is 2. The van der Waals surface area contributed by atoms with Crippen molar-refractivity contribution in [1.29, 1.82) is 0 Å². The summed E-state index contributed by atoms with van der Waals surface area (Å²) in [7, 11) is 1.63. The molecule has 1 amide bonds. The van der Waals surface area contributed by atoms with E-state index in [1.54, 1.807) is 20.9 Å². The number of carbonyl (C=O) groups excluding carboxylic acids is 1. The zero-order valence-electron chi connectivity index (χ0n) is 10.4. The summed E-state index contributed by atoms with van der Waals surface area (Å²) in [5.74, 6) is -1.75. The van der Waals surface area contributed by atoms with Crippen LogP contribution in [0, 0.1) is 0 Å². The van der Waals surface area contributed by atoms with Crippen LogP contribution in [0.2, 0.25) is 0 Å². The van der Waals surface area contributed by atoms with E-state index in [-0.39, 0.29) is 22.9 Å². The highest BCUT2D eigenvalue weighted by Gasteiger charge is 2.26. The number of aromatic carboxylic acids is 1. The van der Waals surface area contributed by atoms with Crippen LogP contribution in [0.15, 0.2) is 18.2 Å². The van der Waals surface area contributed by atoms with E-state index in [9.17, 15) is 14.7 Å². The zero-order valence-corrected chi connectivity index (χ0v) is 10.4. The normalized spacial score (nSPS) is 11.1. The van der Waals surface area contributed by atoms with Crippen molar-refractivity contribution >= 4 is 17.6 Å². The molecule has 0 aromatic heterocycles. The number of rotatable bonds is 4.